The van der Waals surface area contributed by atoms with Gasteiger partial charge in [0.15, 0.2) is 0 Å². The number of rotatable bonds is 8. The highest BCUT2D eigenvalue weighted by molar-refractivity contribution is 5.13. The first-order valence-corrected chi connectivity index (χ1v) is 6.57. The maximum atomic E-state index is 9.72. The summed E-state index contributed by atoms with van der Waals surface area (Å²) in [5.41, 5.74) is 1.10. The van der Waals surface area contributed by atoms with E-state index in [-0.39, 0.29) is 12.0 Å². The van der Waals surface area contributed by atoms with E-state index in [9.17, 15) is 10.2 Å². The van der Waals surface area contributed by atoms with E-state index < -0.39 is 6.10 Å². The molecule has 2 N–H and O–H groups in total. The molecule has 0 fully saturated rings. The van der Waals surface area contributed by atoms with E-state index in [1.807, 2.05) is 44.2 Å². The highest BCUT2D eigenvalue weighted by atomic mass is 16.5. The number of ether oxygens (including phenoxy) is 1. The predicted octanol–water partition coefficient (Wildman–Crippen LogP) is 2.36. The van der Waals surface area contributed by atoms with E-state index >= 15 is 0 Å². The van der Waals surface area contributed by atoms with Crippen molar-refractivity contribution < 1.29 is 14.9 Å². The van der Waals surface area contributed by atoms with Gasteiger partial charge in [-0.05, 0) is 24.3 Å². The monoisotopic (exact) mass is 252 g/mol. The van der Waals surface area contributed by atoms with Gasteiger partial charge in [0.05, 0.1) is 25.4 Å². The summed E-state index contributed by atoms with van der Waals surface area (Å²) < 4.78 is 5.44. The van der Waals surface area contributed by atoms with Crippen LogP contribution in [0.4, 0.5) is 0 Å². The third-order valence-electron chi connectivity index (χ3n) is 2.99. The maximum absolute atomic E-state index is 9.72. The number of benzene rings is 1. The molecular formula is C15H24O3. The van der Waals surface area contributed by atoms with Crippen molar-refractivity contribution in [1.82, 2.24) is 0 Å². The topological polar surface area (TPSA) is 49.7 Å². The Morgan fingerprint density at radius 3 is 2.33 bits per heavy atom. The quantitative estimate of drug-likeness (QED) is 0.746. The second kappa shape index (κ2) is 8.25. The summed E-state index contributed by atoms with van der Waals surface area (Å²) in [6, 6.07) is 9.89. The van der Waals surface area contributed by atoms with Crippen molar-refractivity contribution in [1.29, 1.82) is 0 Å². The van der Waals surface area contributed by atoms with Gasteiger partial charge in [-0.15, -0.1) is 0 Å². The van der Waals surface area contributed by atoms with Gasteiger partial charge in [-0.1, -0.05) is 44.2 Å². The van der Waals surface area contributed by atoms with Crippen LogP contribution in [0.5, 0.6) is 0 Å². The standard InChI is InChI=1S/C15H24O3/c1-12(2)15(17)9-8-14(16)11-18-10-13-6-4-3-5-7-13/h3-7,12,14-17H,8-11H2,1-2H3. The van der Waals surface area contributed by atoms with E-state index in [1.54, 1.807) is 0 Å². The van der Waals surface area contributed by atoms with Crippen LogP contribution in [0.15, 0.2) is 30.3 Å². The van der Waals surface area contributed by atoms with Gasteiger partial charge in [0, 0.05) is 0 Å². The van der Waals surface area contributed by atoms with E-state index in [4.69, 9.17) is 4.74 Å². The first-order chi connectivity index (χ1) is 8.59. The molecule has 0 radical (unpaired) electrons. The Kier molecular flexibility index (Phi) is 6.94. The van der Waals surface area contributed by atoms with Crippen molar-refractivity contribution in [3.05, 3.63) is 35.9 Å². The molecule has 1 rings (SSSR count). The third kappa shape index (κ3) is 6.15. The van der Waals surface area contributed by atoms with E-state index in [0.29, 0.717) is 26.1 Å². The fraction of sp³-hybridized carbons (Fsp3) is 0.600. The first-order valence-electron chi connectivity index (χ1n) is 6.57. The van der Waals surface area contributed by atoms with Crippen LogP contribution in [0.1, 0.15) is 32.3 Å². The highest BCUT2D eigenvalue weighted by Crippen LogP contribution is 2.10. The maximum Gasteiger partial charge on any atom is 0.0774 e. The van der Waals surface area contributed by atoms with Gasteiger partial charge < -0.3 is 14.9 Å². The van der Waals surface area contributed by atoms with Gasteiger partial charge >= 0.3 is 0 Å². The van der Waals surface area contributed by atoms with Crippen LogP contribution in [0.25, 0.3) is 0 Å². The van der Waals surface area contributed by atoms with Gasteiger partial charge in [0.1, 0.15) is 0 Å². The number of aliphatic hydroxyl groups is 2. The van der Waals surface area contributed by atoms with Crippen molar-refractivity contribution in [2.75, 3.05) is 6.61 Å². The summed E-state index contributed by atoms with van der Waals surface area (Å²) in [5.74, 6) is 0.238. The summed E-state index contributed by atoms with van der Waals surface area (Å²) in [6.45, 7) is 4.79. The Morgan fingerprint density at radius 2 is 1.72 bits per heavy atom. The average Bonchev–Trinajstić information content (AvgIpc) is 2.37. The predicted molar refractivity (Wildman–Crippen MR) is 72.2 cm³/mol. The third-order valence-corrected chi connectivity index (χ3v) is 2.99. The molecule has 18 heavy (non-hydrogen) atoms. The van der Waals surface area contributed by atoms with Crippen LogP contribution in [0.3, 0.4) is 0 Å². The minimum atomic E-state index is -0.498. The SMILES string of the molecule is CC(C)C(O)CCC(O)COCc1ccccc1. The zero-order valence-electron chi connectivity index (χ0n) is 11.2. The highest BCUT2D eigenvalue weighted by Gasteiger charge is 2.12. The lowest BCUT2D eigenvalue weighted by atomic mass is 10.0. The molecule has 0 aliphatic rings. The molecular weight excluding hydrogens is 228 g/mol. The molecule has 0 saturated carbocycles. The largest absolute Gasteiger partial charge is 0.393 e. The molecule has 0 heterocycles. The molecule has 3 nitrogen and oxygen atoms in total. The fourth-order valence-electron chi connectivity index (χ4n) is 1.67. The zero-order chi connectivity index (χ0) is 13.4. The van der Waals surface area contributed by atoms with E-state index in [2.05, 4.69) is 0 Å². The molecule has 0 spiro atoms. The molecule has 0 amide bonds. The molecule has 0 aliphatic carbocycles. The van der Waals surface area contributed by atoms with E-state index in [0.717, 1.165) is 5.56 Å². The summed E-state index contributed by atoms with van der Waals surface area (Å²) in [6.07, 6.45) is 0.359. The number of hydrogen-bond donors (Lipinski definition) is 2. The molecule has 1 aromatic carbocycles. The fourth-order valence-corrected chi connectivity index (χ4v) is 1.67. The van der Waals surface area contributed by atoms with Crippen molar-refractivity contribution in [3.8, 4) is 0 Å². The van der Waals surface area contributed by atoms with Gasteiger partial charge in [-0.2, -0.15) is 0 Å². The second-order valence-corrected chi connectivity index (χ2v) is 5.04. The van der Waals surface area contributed by atoms with Gasteiger partial charge in [-0.25, -0.2) is 0 Å². The molecule has 0 aromatic heterocycles. The van der Waals surface area contributed by atoms with Crippen LogP contribution in [-0.4, -0.2) is 29.0 Å². The molecule has 0 bridgehead atoms. The summed E-state index contributed by atoms with van der Waals surface area (Å²) in [5, 5.41) is 19.3. The Morgan fingerprint density at radius 1 is 1.06 bits per heavy atom. The second-order valence-electron chi connectivity index (χ2n) is 5.04. The Balaban J connectivity index is 2.12. The Labute approximate surface area is 109 Å². The lowest BCUT2D eigenvalue weighted by Gasteiger charge is -2.17. The first kappa shape index (κ1) is 15.2. The van der Waals surface area contributed by atoms with Crippen molar-refractivity contribution in [2.24, 2.45) is 5.92 Å². The van der Waals surface area contributed by atoms with Crippen molar-refractivity contribution in [2.45, 2.75) is 45.5 Å². The van der Waals surface area contributed by atoms with Crippen LogP contribution in [-0.2, 0) is 11.3 Å². The molecule has 0 saturated heterocycles. The zero-order valence-corrected chi connectivity index (χ0v) is 11.2. The van der Waals surface area contributed by atoms with Crippen LogP contribution in [0.2, 0.25) is 0 Å². The summed E-state index contributed by atoms with van der Waals surface area (Å²) in [7, 11) is 0. The average molecular weight is 252 g/mol. The van der Waals surface area contributed by atoms with E-state index in [1.165, 1.54) is 0 Å². The lowest BCUT2D eigenvalue weighted by Crippen LogP contribution is -2.21. The lowest BCUT2D eigenvalue weighted by molar-refractivity contribution is 0.0129. The van der Waals surface area contributed by atoms with Crippen LogP contribution >= 0.6 is 0 Å². The molecule has 0 aliphatic heterocycles. The molecule has 2 atom stereocenters. The smallest absolute Gasteiger partial charge is 0.0774 e. The molecule has 2 unspecified atom stereocenters. The molecule has 102 valence electrons. The minimum absolute atomic E-state index is 0.238. The van der Waals surface area contributed by atoms with Crippen molar-refractivity contribution in [3.63, 3.8) is 0 Å². The van der Waals surface area contributed by atoms with Gasteiger partial charge in [-0.3, -0.25) is 0 Å². The van der Waals surface area contributed by atoms with Crippen molar-refractivity contribution >= 4 is 0 Å². The minimum Gasteiger partial charge on any atom is -0.393 e. The van der Waals surface area contributed by atoms with Gasteiger partial charge in [0.2, 0.25) is 0 Å². The number of hydrogen-bond acceptors (Lipinski definition) is 3. The van der Waals surface area contributed by atoms with Crippen LogP contribution in [0, 0.1) is 5.92 Å². The Hall–Kier alpha value is -0.900. The van der Waals surface area contributed by atoms with Crippen LogP contribution < -0.4 is 0 Å². The summed E-state index contributed by atoms with van der Waals surface area (Å²) >= 11 is 0. The van der Waals surface area contributed by atoms with Gasteiger partial charge in [0.25, 0.3) is 0 Å². The molecule has 3 heteroatoms. The number of aliphatic hydroxyl groups excluding tert-OH is 2. The normalized spacial score (nSPS) is 14.7. The molecule has 1 aromatic rings. The Bertz CT molecular complexity index is 311. The summed E-state index contributed by atoms with van der Waals surface area (Å²) in [4.78, 5) is 0.